The van der Waals surface area contributed by atoms with E-state index in [1.54, 1.807) is 29.3 Å². The molecule has 2 atom stereocenters. The molecule has 1 amide bonds. The monoisotopic (exact) mass is 285 g/mol. The van der Waals surface area contributed by atoms with Crippen molar-refractivity contribution < 1.29 is 9.18 Å². The van der Waals surface area contributed by atoms with Gasteiger partial charge in [-0.2, -0.15) is 0 Å². The molecule has 2 saturated heterocycles. The largest absolute Gasteiger partial charge is 0.332 e. The molecule has 0 radical (unpaired) electrons. The van der Waals surface area contributed by atoms with Crippen LogP contribution < -0.4 is 0 Å². The van der Waals surface area contributed by atoms with Crippen molar-refractivity contribution in [3.8, 4) is 0 Å². The number of hydrogen-bond acceptors (Lipinski definition) is 1. The quantitative estimate of drug-likeness (QED) is 0.712. The number of fused-ring (bicyclic) bond motifs is 2. The Balaban J connectivity index is 1.60. The first-order valence-corrected chi connectivity index (χ1v) is 8.01. The number of halogens is 1. The second-order valence-corrected chi connectivity index (χ2v) is 6.55. The van der Waals surface area contributed by atoms with Crippen LogP contribution in [0.15, 0.2) is 35.4 Å². The molecule has 3 heteroatoms. The molecule has 3 fully saturated rings. The number of hydrogen-bond donors (Lipinski definition) is 0. The topological polar surface area (TPSA) is 20.3 Å². The summed E-state index contributed by atoms with van der Waals surface area (Å²) in [6, 6.07) is 6.94. The van der Waals surface area contributed by atoms with Gasteiger partial charge in [-0.25, -0.2) is 4.39 Å². The number of carbonyl (C=O) groups is 1. The Hall–Kier alpha value is -1.64. The summed E-state index contributed by atoms with van der Waals surface area (Å²) in [5.41, 5.74) is 3.48. The zero-order valence-corrected chi connectivity index (χ0v) is 12.1. The Morgan fingerprint density at radius 3 is 2.29 bits per heavy atom. The predicted octanol–water partition coefficient (Wildman–Crippen LogP) is 4.07. The summed E-state index contributed by atoms with van der Waals surface area (Å²) in [4.78, 5) is 14.7. The number of piperidine rings is 1. The first kappa shape index (κ1) is 13.1. The molecule has 2 nitrogen and oxygen atoms in total. The summed E-state index contributed by atoms with van der Waals surface area (Å²) in [6.07, 6.45) is 8.03. The highest BCUT2D eigenvalue weighted by atomic mass is 19.1. The molecule has 3 aliphatic rings. The van der Waals surface area contributed by atoms with Crippen LogP contribution in [-0.2, 0) is 0 Å². The zero-order valence-electron chi connectivity index (χ0n) is 12.1. The minimum atomic E-state index is -0.398. The second-order valence-electron chi connectivity index (χ2n) is 6.55. The molecule has 1 saturated carbocycles. The molecule has 1 aromatic rings. The normalized spacial score (nSPS) is 27.8. The zero-order chi connectivity index (χ0) is 14.4. The first-order chi connectivity index (χ1) is 10.2. The summed E-state index contributed by atoms with van der Waals surface area (Å²) in [5.74, 6) is -0.511. The standard InChI is InChI=1S/C18H20FNO/c19-17-7-2-1-6-16(17)18(21)20-14-8-9-15(20)11-13(10-14)12-4-3-5-12/h1-2,6-7,14-15H,3-5,8-11H2. The molecule has 4 rings (SSSR count). The summed E-state index contributed by atoms with van der Waals surface area (Å²) >= 11 is 0. The third-order valence-electron chi connectivity index (χ3n) is 5.38. The summed E-state index contributed by atoms with van der Waals surface area (Å²) < 4.78 is 13.9. The van der Waals surface area contributed by atoms with Crippen molar-refractivity contribution in [3.05, 3.63) is 46.8 Å². The lowest BCUT2D eigenvalue weighted by atomic mass is 9.82. The average molecular weight is 285 g/mol. The molecule has 2 aliphatic heterocycles. The van der Waals surface area contributed by atoms with Gasteiger partial charge in [-0.15, -0.1) is 0 Å². The number of carbonyl (C=O) groups excluding carboxylic acids is 1. The molecule has 2 bridgehead atoms. The van der Waals surface area contributed by atoms with Crippen molar-refractivity contribution in [1.82, 2.24) is 4.90 Å². The van der Waals surface area contributed by atoms with Gasteiger partial charge in [0.1, 0.15) is 5.82 Å². The first-order valence-electron chi connectivity index (χ1n) is 8.01. The highest BCUT2D eigenvalue weighted by Crippen LogP contribution is 2.43. The van der Waals surface area contributed by atoms with Crippen LogP contribution in [0.3, 0.4) is 0 Å². The van der Waals surface area contributed by atoms with E-state index in [1.165, 1.54) is 25.3 Å². The van der Waals surface area contributed by atoms with Crippen molar-refractivity contribution in [2.45, 2.75) is 57.0 Å². The summed E-state index contributed by atoms with van der Waals surface area (Å²) in [6.45, 7) is 0. The molecular formula is C18H20FNO. The maximum Gasteiger partial charge on any atom is 0.257 e. The van der Waals surface area contributed by atoms with Crippen LogP contribution in [-0.4, -0.2) is 22.9 Å². The Morgan fingerprint density at radius 1 is 1.05 bits per heavy atom. The van der Waals surface area contributed by atoms with Gasteiger partial charge in [-0.3, -0.25) is 4.79 Å². The number of allylic oxidation sites excluding steroid dienone is 1. The van der Waals surface area contributed by atoms with Crippen LogP contribution in [0.1, 0.15) is 55.3 Å². The van der Waals surface area contributed by atoms with Gasteiger partial charge in [0.25, 0.3) is 5.91 Å². The third-order valence-corrected chi connectivity index (χ3v) is 5.38. The van der Waals surface area contributed by atoms with Gasteiger partial charge >= 0.3 is 0 Å². The van der Waals surface area contributed by atoms with Crippen molar-refractivity contribution in [2.75, 3.05) is 0 Å². The molecule has 1 aliphatic carbocycles. The van der Waals surface area contributed by atoms with Gasteiger partial charge in [0.2, 0.25) is 0 Å². The average Bonchev–Trinajstić information content (AvgIpc) is 2.68. The molecule has 2 unspecified atom stereocenters. The van der Waals surface area contributed by atoms with E-state index in [0.717, 1.165) is 25.7 Å². The van der Waals surface area contributed by atoms with Crippen LogP contribution in [0, 0.1) is 5.82 Å². The van der Waals surface area contributed by atoms with E-state index in [2.05, 4.69) is 0 Å². The minimum absolute atomic E-state index is 0.113. The molecule has 21 heavy (non-hydrogen) atoms. The lowest BCUT2D eigenvalue weighted by Gasteiger charge is -2.38. The molecule has 0 N–H and O–H groups in total. The fourth-order valence-electron chi connectivity index (χ4n) is 4.12. The van der Waals surface area contributed by atoms with Crippen LogP contribution in [0.25, 0.3) is 0 Å². The fourth-order valence-corrected chi connectivity index (χ4v) is 4.12. The lowest BCUT2D eigenvalue weighted by Crippen LogP contribution is -2.45. The van der Waals surface area contributed by atoms with Gasteiger partial charge < -0.3 is 4.90 Å². The smallest absolute Gasteiger partial charge is 0.257 e. The molecule has 2 heterocycles. The van der Waals surface area contributed by atoms with Gasteiger partial charge in [0.15, 0.2) is 0 Å². The number of rotatable bonds is 1. The maximum atomic E-state index is 13.9. The fraction of sp³-hybridized carbons (Fsp3) is 0.500. The van der Waals surface area contributed by atoms with Crippen molar-refractivity contribution in [2.24, 2.45) is 0 Å². The van der Waals surface area contributed by atoms with E-state index in [0.29, 0.717) is 12.1 Å². The Bertz CT molecular complexity index is 599. The predicted molar refractivity (Wildman–Crippen MR) is 79.5 cm³/mol. The lowest BCUT2D eigenvalue weighted by molar-refractivity contribution is 0.0628. The van der Waals surface area contributed by atoms with Crippen LogP contribution >= 0.6 is 0 Å². The second kappa shape index (κ2) is 4.97. The molecule has 0 spiro atoms. The van der Waals surface area contributed by atoms with Crippen molar-refractivity contribution in [1.29, 1.82) is 0 Å². The summed E-state index contributed by atoms with van der Waals surface area (Å²) in [7, 11) is 0. The molecule has 0 aromatic heterocycles. The van der Waals surface area contributed by atoms with Gasteiger partial charge in [0.05, 0.1) is 5.56 Å². The van der Waals surface area contributed by atoms with E-state index in [9.17, 15) is 9.18 Å². The number of nitrogens with zero attached hydrogens (tertiary/aromatic N) is 1. The van der Waals surface area contributed by atoms with Crippen molar-refractivity contribution in [3.63, 3.8) is 0 Å². The van der Waals surface area contributed by atoms with Crippen LogP contribution in [0.4, 0.5) is 4.39 Å². The van der Waals surface area contributed by atoms with Crippen LogP contribution in [0.5, 0.6) is 0 Å². The minimum Gasteiger partial charge on any atom is -0.332 e. The number of benzene rings is 1. The van der Waals surface area contributed by atoms with E-state index < -0.39 is 5.82 Å². The molecule has 110 valence electrons. The molecule has 1 aromatic carbocycles. The van der Waals surface area contributed by atoms with Crippen molar-refractivity contribution >= 4 is 5.91 Å². The highest BCUT2D eigenvalue weighted by Gasteiger charge is 2.42. The van der Waals surface area contributed by atoms with Gasteiger partial charge in [-0.05, 0) is 57.1 Å². The Morgan fingerprint density at radius 2 is 1.71 bits per heavy atom. The van der Waals surface area contributed by atoms with E-state index in [4.69, 9.17) is 0 Å². The Kier molecular flexibility index (Phi) is 3.09. The van der Waals surface area contributed by atoms with E-state index >= 15 is 0 Å². The Labute approximate surface area is 124 Å². The van der Waals surface area contributed by atoms with Gasteiger partial charge in [0, 0.05) is 12.1 Å². The highest BCUT2D eigenvalue weighted by molar-refractivity contribution is 5.95. The molecular weight excluding hydrogens is 265 g/mol. The third kappa shape index (κ3) is 2.10. The number of amides is 1. The van der Waals surface area contributed by atoms with E-state index in [1.807, 2.05) is 4.90 Å². The SMILES string of the molecule is O=C(c1ccccc1F)N1C2CCC1CC(=C1CCC1)C2. The van der Waals surface area contributed by atoms with Gasteiger partial charge in [-0.1, -0.05) is 23.3 Å². The van der Waals surface area contributed by atoms with Crippen LogP contribution in [0.2, 0.25) is 0 Å². The summed E-state index contributed by atoms with van der Waals surface area (Å²) in [5, 5.41) is 0. The maximum absolute atomic E-state index is 13.9. The van der Waals surface area contributed by atoms with E-state index in [-0.39, 0.29) is 11.5 Å².